The highest BCUT2D eigenvalue weighted by molar-refractivity contribution is 5.00. The second-order valence-corrected chi connectivity index (χ2v) is 4.29. The molecule has 0 aliphatic rings. The number of rotatable bonds is 0. The highest BCUT2D eigenvalue weighted by atomic mass is 14.7. The van der Waals surface area contributed by atoms with Gasteiger partial charge in [-0.1, -0.05) is 12.1 Å². The normalized spacial score (nSPS) is 8.71. The summed E-state index contributed by atoms with van der Waals surface area (Å²) in [5, 5.41) is 0. The summed E-state index contributed by atoms with van der Waals surface area (Å²) in [7, 11) is 0. The monoisotopic (exact) mass is 280 g/mol. The Morgan fingerprint density at radius 2 is 1.10 bits per heavy atom. The summed E-state index contributed by atoms with van der Waals surface area (Å²) in [5.74, 6) is 0. The average molecular weight is 280 g/mol. The fraction of sp³-hybridized carbons (Fsp3) is 0.176. The van der Waals surface area contributed by atoms with Crippen LogP contribution in [0.25, 0.3) is 0 Å². The summed E-state index contributed by atoms with van der Waals surface area (Å²) in [6.07, 6.45) is 8.63. The van der Waals surface area contributed by atoms with Gasteiger partial charge in [0.1, 0.15) is 0 Å². The minimum absolute atomic E-state index is 0.961. The van der Waals surface area contributed by atoms with E-state index in [1.165, 1.54) is 0 Å². The summed E-state index contributed by atoms with van der Waals surface area (Å²) in [4.78, 5) is 15.7. The van der Waals surface area contributed by atoms with Crippen molar-refractivity contribution in [2.45, 2.75) is 20.8 Å². The number of nitrogens with zero attached hydrogens (tertiary/aromatic N) is 4. The molecule has 3 heterocycles. The number of pyridine rings is 2. The van der Waals surface area contributed by atoms with E-state index in [-0.39, 0.29) is 0 Å². The van der Waals surface area contributed by atoms with E-state index in [1.807, 2.05) is 57.2 Å². The average Bonchev–Trinajstić information content (AvgIpc) is 2.51. The predicted octanol–water partition coefficient (Wildman–Crippen LogP) is 3.57. The van der Waals surface area contributed by atoms with Gasteiger partial charge in [0.2, 0.25) is 0 Å². The lowest BCUT2D eigenvalue weighted by Crippen LogP contribution is -1.77. The van der Waals surface area contributed by atoms with Crippen molar-refractivity contribution in [1.29, 1.82) is 0 Å². The summed E-state index contributed by atoms with van der Waals surface area (Å²) in [6, 6.07) is 11.7. The van der Waals surface area contributed by atoms with Gasteiger partial charge < -0.3 is 0 Å². The van der Waals surface area contributed by atoms with Crippen molar-refractivity contribution < 1.29 is 0 Å². The Morgan fingerprint density at radius 1 is 0.571 bits per heavy atom. The van der Waals surface area contributed by atoms with E-state index >= 15 is 0 Å². The maximum absolute atomic E-state index is 3.98. The molecule has 0 fully saturated rings. The molecule has 4 nitrogen and oxygen atoms in total. The number of aromatic nitrogens is 4. The third-order valence-corrected chi connectivity index (χ3v) is 2.32. The zero-order chi connectivity index (χ0) is 15.3. The Bertz CT molecular complexity index is 494. The van der Waals surface area contributed by atoms with Crippen LogP contribution in [0.5, 0.6) is 0 Å². The molecule has 0 aromatic carbocycles. The standard InChI is InChI=1S/2C6H7N.C5H6N2/c2*1-6-4-2-3-5-7-6;1-5-4-6-2-3-7-5/h2*2-5H,1H3;2-4H,1H3. The first-order chi connectivity index (χ1) is 10.2. The van der Waals surface area contributed by atoms with Gasteiger partial charge in [0.15, 0.2) is 0 Å². The largest absolute Gasteiger partial charge is 0.262 e. The van der Waals surface area contributed by atoms with Crippen LogP contribution in [0.15, 0.2) is 67.4 Å². The van der Waals surface area contributed by atoms with Crippen molar-refractivity contribution in [3.8, 4) is 0 Å². The molecule has 0 saturated carbocycles. The van der Waals surface area contributed by atoms with Crippen molar-refractivity contribution >= 4 is 0 Å². The minimum atomic E-state index is 0.961. The van der Waals surface area contributed by atoms with Crippen molar-refractivity contribution in [1.82, 2.24) is 19.9 Å². The molecule has 0 amide bonds. The molecule has 108 valence electrons. The van der Waals surface area contributed by atoms with Crippen molar-refractivity contribution in [3.05, 3.63) is 84.5 Å². The van der Waals surface area contributed by atoms with Gasteiger partial charge in [-0.3, -0.25) is 19.9 Å². The SMILES string of the molecule is Cc1ccccn1.Cc1ccccn1.Cc1cnccn1. The Labute approximate surface area is 126 Å². The molecule has 0 atom stereocenters. The summed E-state index contributed by atoms with van der Waals surface area (Å²) >= 11 is 0. The van der Waals surface area contributed by atoms with Gasteiger partial charge in [-0.15, -0.1) is 0 Å². The van der Waals surface area contributed by atoms with Crippen LogP contribution in [-0.4, -0.2) is 19.9 Å². The van der Waals surface area contributed by atoms with Crippen LogP contribution < -0.4 is 0 Å². The van der Waals surface area contributed by atoms with Crippen LogP contribution in [0.1, 0.15) is 17.1 Å². The second kappa shape index (κ2) is 10.2. The summed E-state index contributed by atoms with van der Waals surface area (Å²) < 4.78 is 0. The third kappa shape index (κ3) is 8.99. The van der Waals surface area contributed by atoms with Gasteiger partial charge in [-0.25, -0.2) is 0 Å². The maximum atomic E-state index is 3.98. The lowest BCUT2D eigenvalue weighted by atomic mass is 10.4. The molecule has 0 unspecified atom stereocenters. The Kier molecular flexibility index (Phi) is 7.98. The molecule has 3 aromatic heterocycles. The number of hydrogen-bond donors (Lipinski definition) is 0. The van der Waals surface area contributed by atoms with Crippen LogP contribution in [0.2, 0.25) is 0 Å². The molecule has 0 bridgehead atoms. The van der Waals surface area contributed by atoms with E-state index < -0.39 is 0 Å². The summed E-state index contributed by atoms with van der Waals surface area (Å²) in [6.45, 7) is 5.85. The van der Waals surface area contributed by atoms with Gasteiger partial charge >= 0.3 is 0 Å². The maximum Gasteiger partial charge on any atom is 0.0555 e. The van der Waals surface area contributed by atoms with Crippen molar-refractivity contribution in [2.24, 2.45) is 0 Å². The molecule has 0 aliphatic heterocycles. The molecule has 0 aliphatic carbocycles. The van der Waals surface area contributed by atoms with Gasteiger partial charge in [-0.05, 0) is 45.0 Å². The molecule has 21 heavy (non-hydrogen) atoms. The van der Waals surface area contributed by atoms with Gasteiger partial charge in [0.05, 0.1) is 5.69 Å². The topological polar surface area (TPSA) is 51.6 Å². The van der Waals surface area contributed by atoms with Gasteiger partial charge in [0, 0.05) is 42.4 Å². The molecule has 3 aromatic rings. The van der Waals surface area contributed by atoms with Crippen LogP contribution >= 0.6 is 0 Å². The fourth-order valence-electron chi connectivity index (χ4n) is 1.27. The molecule has 3 rings (SSSR count). The molecular formula is C17H20N4. The molecule has 0 N–H and O–H groups in total. The van der Waals surface area contributed by atoms with E-state index in [9.17, 15) is 0 Å². The zero-order valence-electron chi connectivity index (χ0n) is 12.6. The van der Waals surface area contributed by atoms with E-state index in [0.29, 0.717) is 0 Å². The van der Waals surface area contributed by atoms with Crippen LogP contribution in [0.3, 0.4) is 0 Å². The number of hydrogen-bond acceptors (Lipinski definition) is 4. The Hall–Kier alpha value is -2.62. The Morgan fingerprint density at radius 3 is 1.29 bits per heavy atom. The molecular weight excluding hydrogens is 260 g/mol. The molecule has 4 heteroatoms. The molecule has 0 saturated heterocycles. The summed E-state index contributed by atoms with van der Waals surface area (Å²) in [5.41, 5.74) is 3.10. The van der Waals surface area contributed by atoms with Crippen LogP contribution in [0, 0.1) is 20.8 Å². The van der Waals surface area contributed by atoms with E-state index in [2.05, 4.69) is 19.9 Å². The minimum Gasteiger partial charge on any atom is -0.262 e. The lowest BCUT2D eigenvalue weighted by molar-refractivity contribution is 1.12. The van der Waals surface area contributed by atoms with E-state index in [1.54, 1.807) is 31.0 Å². The van der Waals surface area contributed by atoms with Crippen molar-refractivity contribution in [2.75, 3.05) is 0 Å². The third-order valence-electron chi connectivity index (χ3n) is 2.32. The first-order valence-electron chi connectivity index (χ1n) is 6.66. The van der Waals surface area contributed by atoms with Crippen LogP contribution in [0.4, 0.5) is 0 Å². The second-order valence-electron chi connectivity index (χ2n) is 4.29. The highest BCUT2D eigenvalue weighted by Gasteiger charge is 1.75. The van der Waals surface area contributed by atoms with E-state index in [0.717, 1.165) is 17.1 Å². The lowest BCUT2D eigenvalue weighted by Gasteiger charge is -1.82. The predicted molar refractivity (Wildman–Crippen MR) is 84.7 cm³/mol. The fourth-order valence-corrected chi connectivity index (χ4v) is 1.27. The quantitative estimate of drug-likeness (QED) is 0.631. The first kappa shape index (κ1) is 16.4. The van der Waals surface area contributed by atoms with Gasteiger partial charge in [-0.2, -0.15) is 0 Å². The number of aryl methyl sites for hydroxylation is 3. The zero-order valence-corrected chi connectivity index (χ0v) is 12.6. The van der Waals surface area contributed by atoms with Crippen LogP contribution in [-0.2, 0) is 0 Å². The molecule has 0 radical (unpaired) electrons. The Balaban J connectivity index is 0.000000157. The molecule has 0 spiro atoms. The van der Waals surface area contributed by atoms with Crippen molar-refractivity contribution in [3.63, 3.8) is 0 Å². The van der Waals surface area contributed by atoms with E-state index in [4.69, 9.17) is 0 Å². The van der Waals surface area contributed by atoms with Gasteiger partial charge in [0.25, 0.3) is 0 Å². The highest BCUT2D eigenvalue weighted by Crippen LogP contribution is 1.86. The smallest absolute Gasteiger partial charge is 0.0555 e. The first-order valence-corrected chi connectivity index (χ1v) is 6.66.